The Morgan fingerprint density at radius 1 is 0.925 bits per heavy atom. The second-order valence-electron chi connectivity index (χ2n) is 8.75. The molecule has 0 N–H and O–H groups in total. The number of benzene rings is 3. The SMILES string of the molecule is COc1ccc(-c2nn(-c3ccccc3)cc2/C=C2\SC(=Nc3ccncc3Cl)N(c3ccccc3)C2=O)cc1. The van der Waals surface area contributed by atoms with Crippen molar-refractivity contribution in [3.05, 3.63) is 125 Å². The van der Waals surface area contributed by atoms with E-state index in [0.717, 1.165) is 28.3 Å². The van der Waals surface area contributed by atoms with Crippen molar-refractivity contribution in [2.45, 2.75) is 0 Å². The summed E-state index contributed by atoms with van der Waals surface area (Å²) in [6.07, 6.45) is 6.95. The van der Waals surface area contributed by atoms with Crippen LogP contribution in [0.4, 0.5) is 11.4 Å². The fourth-order valence-electron chi connectivity index (χ4n) is 4.24. The number of methoxy groups -OCH3 is 1. The summed E-state index contributed by atoms with van der Waals surface area (Å²) in [5.41, 5.74) is 4.58. The van der Waals surface area contributed by atoms with Crippen LogP contribution in [0.5, 0.6) is 5.75 Å². The van der Waals surface area contributed by atoms with Crippen LogP contribution in [0.1, 0.15) is 5.56 Å². The third-order valence-electron chi connectivity index (χ3n) is 6.20. The fraction of sp³-hybridized carbons (Fsp3) is 0.0323. The molecular formula is C31H22ClN5O2S. The van der Waals surface area contributed by atoms with Gasteiger partial charge in [0.1, 0.15) is 5.75 Å². The highest BCUT2D eigenvalue weighted by Gasteiger charge is 2.35. The first-order valence-electron chi connectivity index (χ1n) is 12.4. The van der Waals surface area contributed by atoms with Gasteiger partial charge in [0.25, 0.3) is 5.91 Å². The van der Waals surface area contributed by atoms with Crippen molar-refractivity contribution in [3.8, 4) is 22.7 Å². The summed E-state index contributed by atoms with van der Waals surface area (Å²) < 4.78 is 7.15. The monoisotopic (exact) mass is 563 g/mol. The first-order chi connectivity index (χ1) is 19.6. The third-order valence-corrected chi connectivity index (χ3v) is 7.46. The number of rotatable bonds is 6. The molecule has 6 rings (SSSR count). The van der Waals surface area contributed by atoms with Gasteiger partial charge in [-0.05, 0) is 72.4 Å². The Morgan fingerprint density at radius 3 is 2.30 bits per heavy atom. The van der Waals surface area contributed by atoms with Gasteiger partial charge in [-0.3, -0.25) is 14.7 Å². The number of pyridine rings is 1. The van der Waals surface area contributed by atoms with Crippen LogP contribution in [0, 0.1) is 0 Å². The number of carbonyl (C=O) groups excluding carboxylic acids is 1. The molecule has 0 saturated carbocycles. The van der Waals surface area contributed by atoms with E-state index < -0.39 is 0 Å². The van der Waals surface area contributed by atoms with Gasteiger partial charge in [0, 0.05) is 29.7 Å². The Morgan fingerprint density at radius 2 is 1.62 bits per heavy atom. The van der Waals surface area contributed by atoms with Crippen molar-refractivity contribution in [1.29, 1.82) is 0 Å². The second kappa shape index (κ2) is 11.2. The van der Waals surface area contributed by atoms with Crippen molar-refractivity contribution in [2.75, 3.05) is 12.0 Å². The summed E-state index contributed by atoms with van der Waals surface area (Å²) in [6, 6.07) is 28.7. The van der Waals surface area contributed by atoms with Gasteiger partial charge in [-0.15, -0.1) is 0 Å². The molecule has 40 heavy (non-hydrogen) atoms. The number of para-hydroxylation sites is 2. The summed E-state index contributed by atoms with van der Waals surface area (Å²) >= 11 is 7.64. The zero-order valence-corrected chi connectivity index (χ0v) is 22.9. The van der Waals surface area contributed by atoms with Crippen molar-refractivity contribution < 1.29 is 9.53 Å². The van der Waals surface area contributed by atoms with Gasteiger partial charge in [-0.25, -0.2) is 9.67 Å². The molecule has 1 aliphatic heterocycles. The smallest absolute Gasteiger partial charge is 0.271 e. The van der Waals surface area contributed by atoms with Crippen molar-refractivity contribution in [1.82, 2.24) is 14.8 Å². The minimum absolute atomic E-state index is 0.187. The normalized spacial score (nSPS) is 15.2. The highest BCUT2D eigenvalue weighted by Crippen LogP contribution is 2.39. The average Bonchev–Trinajstić information content (AvgIpc) is 3.56. The summed E-state index contributed by atoms with van der Waals surface area (Å²) in [6.45, 7) is 0. The Bertz CT molecular complexity index is 1740. The molecule has 0 atom stereocenters. The van der Waals surface area contributed by atoms with Gasteiger partial charge in [0.05, 0.1) is 39.8 Å². The molecule has 7 nitrogen and oxygen atoms in total. The van der Waals surface area contributed by atoms with E-state index in [9.17, 15) is 4.79 Å². The number of aromatic nitrogens is 3. The molecule has 3 heterocycles. The number of amidine groups is 1. The van der Waals surface area contributed by atoms with E-state index in [1.54, 1.807) is 24.3 Å². The fourth-order valence-corrected chi connectivity index (χ4v) is 5.38. The number of aliphatic imine (C=N–C) groups is 1. The number of hydrogen-bond donors (Lipinski definition) is 0. The van der Waals surface area contributed by atoms with E-state index in [0.29, 0.717) is 26.5 Å². The molecule has 196 valence electrons. The molecule has 1 saturated heterocycles. The Balaban J connectivity index is 1.47. The van der Waals surface area contributed by atoms with Crippen molar-refractivity contribution in [3.63, 3.8) is 0 Å². The van der Waals surface area contributed by atoms with E-state index in [1.165, 1.54) is 18.0 Å². The van der Waals surface area contributed by atoms with E-state index in [4.69, 9.17) is 26.4 Å². The Labute approximate surface area is 240 Å². The molecule has 9 heteroatoms. The Hall–Kier alpha value is -4.66. The number of amides is 1. The largest absolute Gasteiger partial charge is 0.497 e. The Kier molecular flexibility index (Phi) is 7.18. The first kappa shape index (κ1) is 25.6. The summed E-state index contributed by atoms with van der Waals surface area (Å²) in [4.78, 5) is 24.8. The zero-order valence-electron chi connectivity index (χ0n) is 21.3. The van der Waals surface area contributed by atoms with E-state index in [2.05, 4.69) is 4.98 Å². The molecule has 1 amide bonds. The molecule has 0 bridgehead atoms. The van der Waals surface area contributed by atoms with Crippen LogP contribution >= 0.6 is 23.4 Å². The zero-order chi connectivity index (χ0) is 27.5. The molecular weight excluding hydrogens is 542 g/mol. The lowest BCUT2D eigenvalue weighted by molar-refractivity contribution is -0.113. The minimum atomic E-state index is -0.187. The highest BCUT2D eigenvalue weighted by molar-refractivity contribution is 8.19. The second-order valence-corrected chi connectivity index (χ2v) is 10.2. The number of anilines is 1. The maximum absolute atomic E-state index is 13.9. The van der Waals surface area contributed by atoms with Gasteiger partial charge in [-0.1, -0.05) is 48.0 Å². The van der Waals surface area contributed by atoms with Gasteiger partial charge in [0.2, 0.25) is 0 Å². The summed E-state index contributed by atoms with van der Waals surface area (Å²) in [5.74, 6) is 0.565. The predicted octanol–water partition coefficient (Wildman–Crippen LogP) is 7.40. The lowest BCUT2D eigenvalue weighted by Crippen LogP contribution is -2.28. The van der Waals surface area contributed by atoms with Crippen LogP contribution < -0.4 is 9.64 Å². The molecule has 0 radical (unpaired) electrons. The van der Waals surface area contributed by atoms with Crippen LogP contribution in [0.3, 0.4) is 0 Å². The number of ether oxygens (including phenoxy) is 1. The number of carbonyl (C=O) groups is 1. The molecule has 0 unspecified atom stereocenters. The average molecular weight is 564 g/mol. The van der Waals surface area contributed by atoms with Gasteiger partial charge >= 0.3 is 0 Å². The van der Waals surface area contributed by atoms with Gasteiger partial charge in [-0.2, -0.15) is 5.10 Å². The molecule has 1 fully saturated rings. The van der Waals surface area contributed by atoms with Gasteiger partial charge < -0.3 is 4.74 Å². The van der Waals surface area contributed by atoms with Crippen LogP contribution in [-0.4, -0.2) is 32.9 Å². The van der Waals surface area contributed by atoms with E-state index in [-0.39, 0.29) is 5.91 Å². The van der Waals surface area contributed by atoms with Crippen LogP contribution in [0.25, 0.3) is 23.0 Å². The third kappa shape index (κ3) is 5.14. The topological polar surface area (TPSA) is 72.6 Å². The maximum atomic E-state index is 13.9. The summed E-state index contributed by atoms with van der Waals surface area (Å²) in [5, 5.41) is 5.79. The molecule has 0 spiro atoms. The van der Waals surface area contributed by atoms with Gasteiger partial charge in [0.15, 0.2) is 5.17 Å². The lowest BCUT2D eigenvalue weighted by Gasteiger charge is -2.15. The van der Waals surface area contributed by atoms with E-state index >= 15 is 0 Å². The first-order valence-corrected chi connectivity index (χ1v) is 13.6. The van der Waals surface area contributed by atoms with Crippen molar-refractivity contribution >= 4 is 51.9 Å². The van der Waals surface area contributed by atoms with Crippen LogP contribution in [0.15, 0.2) is 119 Å². The number of nitrogens with zero attached hydrogens (tertiary/aromatic N) is 5. The lowest BCUT2D eigenvalue weighted by atomic mass is 10.1. The van der Waals surface area contributed by atoms with Crippen LogP contribution in [-0.2, 0) is 4.79 Å². The number of halogens is 1. The minimum Gasteiger partial charge on any atom is -0.497 e. The molecule has 1 aliphatic rings. The number of thioether (sulfide) groups is 1. The number of hydrogen-bond acceptors (Lipinski definition) is 6. The predicted molar refractivity (Wildman–Crippen MR) is 161 cm³/mol. The maximum Gasteiger partial charge on any atom is 0.271 e. The standard InChI is InChI=1S/C31H22ClN5O2S/c1-39-25-14-12-21(13-15-25)29-22(20-36(35-29)23-8-4-2-5-9-23)18-28-30(38)37(24-10-6-3-7-11-24)31(40-28)34-27-16-17-33-19-26(27)32/h2-20H,1H3/b28-18-,34-31?. The molecule has 0 aliphatic carbocycles. The summed E-state index contributed by atoms with van der Waals surface area (Å²) in [7, 11) is 1.63. The van der Waals surface area contributed by atoms with E-state index in [1.807, 2.05) is 102 Å². The van der Waals surface area contributed by atoms with Crippen molar-refractivity contribution in [2.24, 2.45) is 4.99 Å². The quantitative estimate of drug-likeness (QED) is 0.201. The molecule has 3 aromatic carbocycles. The highest BCUT2D eigenvalue weighted by atomic mass is 35.5. The van der Waals surface area contributed by atoms with Crippen LogP contribution in [0.2, 0.25) is 5.02 Å². The molecule has 5 aromatic rings. The molecule has 2 aromatic heterocycles.